The first kappa shape index (κ1) is 15.3. The Hall–Kier alpha value is -2.62. The molecule has 0 spiro atoms. The van der Waals surface area contributed by atoms with Crippen molar-refractivity contribution in [2.45, 2.75) is 20.3 Å². The molecular weight excluding hydrogens is 293 g/mol. The van der Waals surface area contributed by atoms with Crippen molar-refractivity contribution in [3.63, 3.8) is 0 Å². The molecule has 1 heterocycles. The first-order chi connectivity index (χ1) is 11.1. The fourth-order valence-electron chi connectivity index (χ4n) is 2.51. The molecule has 0 bridgehead atoms. The second kappa shape index (κ2) is 6.24. The number of benzene rings is 2. The highest BCUT2D eigenvalue weighted by molar-refractivity contribution is 5.87. The SMILES string of the molecule is CCc1cc2c(Oc3ccc(C)c(F)c3)ccnc2cc1OC. The van der Waals surface area contributed by atoms with E-state index in [1.165, 1.54) is 6.07 Å². The Labute approximate surface area is 134 Å². The molecule has 118 valence electrons. The number of hydrogen-bond donors (Lipinski definition) is 0. The molecule has 0 saturated heterocycles. The molecule has 0 unspecified atom stereocenters. The quantitative estimate of drug-likeness (QED) is 0.676. The maximum atomic E-state index is 13.7. The van der Waals surface area contributed by atoms with E-state index in [9.17, 15) is 4.39 Å². The molecule has 0 amide bonds. The van der Waals surface area contributed by atoms with Gasteiger partial charge in [0.25, 0.3) is 0 Å². The molecule has 0 radical (unpaired) electrons. The van der Waals surface area contributed by atoms with Gasteiger partial charge in [0.05, 0.1) is 12.6 Å². The van der Waals surface area contributed by atoms with E-state index < -0.39 is 0 Å². The fraction of sp³-hybridized carbons (Fsp3) is 0.211. The average molecular weight is 311 g/mol. The fourth-order valence-corrected chi connectivity index (χ4v) is 2.51. The van der Waals surface area contributed by atoms with Crippen molar-refractivity contribution in [1.82, 2.24) is 4.98 Å². The molecule has 2 aromatic carbocycles. The Bertz CT molecular complexity index is 861. The minimum Gasteiger partial charge on any atom is -0.496 e. The van der Waals surface area contributed by atoms with Crippen LogP contribution in [0.1, 0.15) is 18.1 Å². The van der Waals surface area contributed by atoms with Gasteiger partial charge in [0.15, 0.2) is 0 Å². The first-order valence-electron chi connectivity index (χ1n) is 7.52. The molecule has 23 heavy (non-hydrogen) atoms. The lowest BCUT2D eigenvalue weighted by Crippen LogP contribution is -1.94. The van der Waals surface area contributed by atoms with Crippen LogP contribution in [0.25, 0.3) is 10.9 Å². The largest absolute Gasteiger partial charge is 0.496 e. The lowest BCUT2D eigenvalue weighted by Gasteiger charge is -2.12. The van der Waals surface area contributed by atoms with Gasteiger partial charge in [0.2, 0.25) is 0 Å². The van der Waals surface area contributed by atoms with E-state index >= 15 is 0 Å². The van der Waals surface area contributed by atoms with Crippen LogP contribution in [0.3, 0.4) is 0 Å². The molecule has 3 rings (SSSR count). The number of hydrogen-bond acceptors (Lipinski definition) is 3. The van der Waals surface area contributed by atoms with E-state index in [4.69, 9.17) is 9.47 Å². The summed E-state index contributed by atoms with van der Waals surface area (Å²) in [7, 11) is 1.65. The van der Waals surface area contributed by atoms with Crippen molar-refractivity contribution >= 4 is 10.9 Å². The molecule has 3 aromatic rings. The van der Waals surface area contributed by atoms with Crippen LogP contribution in [0, 0.1) is 12.7 Å². The van der Waals surface area contributed by atoms with Crippen LogP contribution in [0.15, 0.2) is 42.6 Å². The number of aromatic nitrogens is 1. The molecule has 0 N–H and O–H groups in total. The molecule has 4 heteroatoms. The number of methoxy groups -OCH3 is 1. The summed E-state index contributed by atoms with van der Waals surface area (Å²) in [5.74, 6) is 1.65. The Morgan fingerprint density at radius 3 is 2.61 bits per heavy atom. The summed E-state index contributed by atoms with van der Waals surface area (Å²) in [6.07, 6.45) is 2.51. The van der Waals surface area contributed by atoms with Crippen LogP contribution in [0.5, 0.6) is 17.2 Å². The summed E-state index contributed by atoms with van der Waals surface area (Å²) in [6.45, 7) is 3.79. The minimum absolute atomic E-state index is 0.281. The molecular formula is C19H18FNO2. The molecule has 0 aliphatic carbocycles. The summed E-state index contributed by atoms with van der Waals surface area (Å²) < 4.78 is 25.0. The number of pyridine rings is 1. The Morgan fingerprint density at radius 2 is 1.91 bits per heavy atom. The average Bonchev–Trinajstić information content (AvgIpc) is 2.57. The summed E-state index contributed by atoms with van der Waals surface area (Å²) in [6, 6.07) is 10.6. The van der Waals surface area contributed by atoms with Gasteiger partial charge in [-0.3, -0.25) is 4.98 Å². The second-order valence-corrected chi connectivity index (χ2v) is 5.36. The zero-order chi connectivity index (χ0) is 16.4. The van der Waals surface area contributed by atoms with Crippen molar-refractivity contribution < 1.29 is 13.9 Å². The highest BCUT2D eigenvalue weighted by Gasteiger charge is 2.10. The number of rotatable bonds is 4. The molecule has 0 atom stereocenters. The van der Waals surface area contributed by atoms with Crippen molar-refractivity contribution in [3.8, 4) is 17.2 Å². The Kier molecular flexibility index (Phi) is 4.15. The molecule has 0 saturated carbocycles. The van der Waals surface area contributed by atoms with Gasteiger partial charge < -0.3 is 9.47 Å². The summed E-state index contributed by atoms with van der Waals surface area (Å²) in [4.78, 5) is 4.37. The second-order valence-electron chi connectivity index (χ2n) is 5.36. The van der Waals surface area contributed by atoms with Crippen LogP contribution in [0.4, 0.5) is 4.39 Å². The summed E-state index contributed by atoms with van der Waals surface area (Å²) >= 11 is 0. The third-order valence-electron chi connectivity index (χ3n) is 3.86. The predicted molar refractivity (Wildman–Crippen MR) is 88.9 cm³/mol. The number of aryl methyl sites for hydroxylation is 2. The van der Waals surface area contributed by atoms with Crippen LogP contribution in [0.2, 0.25) is 0 Å². The van der Waals surface area contributed by atoms with E-state index in [-0.39, 0.29) is 5.82 Å². The van der Waals surface area contributed by atoms with Crippen molar-refractivity contribution in [1.29, 1.82) is 0 Å². The molecule has 0 aliphatic heterocycles. The van der Waals surface area contributed by atoms with Gasteiger partial charge in [-0.15, -0.1) is 0 Å². The maximum Gasteiger partial charge on any atom is 0.138 e. The van der Waals surface area contributed by atoms with E-state index in [2.05, 4.69) is 11.9 Å². The number of ether oxygens (including phenoxy) is 2. The lowest BCUT2D eigenvalue weighted by atomic mass is 10.1. The maximum absolute atomic E-state index is 13.7. The predicted octanol–water partition coefficient (Wildman–Crippen LogP) is 5.05. The highest BCUT2D eigenvalue weighted by Crippen LogP contribution is 2.33. The highest BCUT2D eigenvalue weighted by atomic mass is 19.1. The minimum atomic E-state index is -0.281. The number of fused-ring (bicyclic) bond motifs is 1. The van der Waals surface area contributed by atoms with E-state index in [0.29, 0.717) is 17.1 Å². The van der Waals surface area contributed by atoms with Crippen molar-refractivity contribution in [3.05, 3.63) is 59.5 Å². The van der Waals surface area contributed by atoms with Crippen LogP contribution in [-0.2, 0) is 6.42 Å². The molecule has 3 nitrogen and oxygen atoms in total. The number of nitrogens with zero attached hydrogens (tertiary/aromatic N) is 1. The Morgan fingerprint density at radius 1 is 1.09 bits per heavy atom. The monoisotopic (exact) mass is 311 g/mol. The van der Waals surface area contributed by atoms with Gasteiger partial charge in [-0.05, 0) is 42.7 Å². The van der Waals surface area contributed by atoms with Crippen LogP contribution in [-0.4, -0.2) is 12.1 Å². The van der Waals surface area contributed by atoms with E-state index in [0.717, 1.165) is 28.6 Å². The normalized spacial score (nSPS) is 10.8. The molecule has 1 aromatic heterocycles. The zero-order valence-corrected chi connectivity index (χ0v) is 13.4. The van der Waals surface area contributed by atoms with Crippen molar-refractivity contribution in [2.75, 3.05) is 7.11 Å². The first-order valence-corrected chi connectivity index (χ1v) is 7.52. The standard InChI is InChI=1S/C19H18FNO2/c1-4-13-9-15-17(11-19(13)22-3)21-8-7-18(15)23-14-6-5-12(2)16(20)10-14/h5-11H,4H2,1-3H3. The van der Waals surface area contributed by atoms with Gasteiger partial charge >= 0.3 is 0 Å². The smallest absolute Gasteiger partial charge is 0.138 e. The van der Waals surface area contributed by atoms with E-state index in [1.807, 2.05) is 12.1 Å². The lowest BCUT2D eigenvalue weighted by molar-refractivity contribution is 0.410. The van der Waals surface area contributed by atoms with Crippen molar-refractivity contribution in [2.24, 2.45) is 0 Å². The van der Waals surface area contributed by atoms with Gasteiger partial charge in [0.1, 0.15) is 23.1 Å². The Balaban J connectivity index is 2.08. The third-order valence-corrected chi connectivity index (χ3v) is 3.86. The van der Waals surface area contributed by atoms with Crippen LogP contribution >= 0.6 is 0 Å². The summed E-state index contributed by atoms with van der Waals surface area (Å²) in [5.41, 5.74) is 2.45. The van der Waals surface area contributed by atoms with Gasteiger partial charge in [-0.25, -0.2) is 4.39 Å². The number of halogens is 1. The van der Waals surface area contributed by atoms with Gasteiger partial charge in [-0.1, -0.05) is 13.0 Å². The van der Waals surface area contributed by atoms with E-state index in [1.54, 1.807) is 38.4 Å². The third kappa shape index (κ3) is 2.97. The summed E-state index contributed by atoms with van der Waals surface area (Å²) in [5, 5.41) is 0.881. The van der Waals surface area contributed by atoms with Crippen LogP contribution < -0.4 is 9.47 Å². The molecule has 0 fully saturated rings. The van der Waals surface area contributed by atoms with Gasteiger partial charge in [-0.2, -0.15) is 0 Å². The zero-order valence-electron chi connectivity index (χ0n) is 13.4. The molecule has 0 aliphatic rings. The van der Waals surface area contributed by atoms with Gasteiger partial charge in [0, 0.05) is 23.7 Å². The topological polar surface area (TPSA) is 31.4 Å².